The lowest BCUT2D eigenvalue weighted by Crippen LogP contribution is -1.99. The predicted molar refractivity (Wildman–Crippen MR) is 181 cm³/mol. The number of allylic oxidation sites excluding steroid dienone is 2. The summed E-state index contributed by atoms with van der Waals surface area (Å²) in [5.74, 6) is 0. The normalized spacial score (nSPS) is 13.3. The highest BCUT2D eigenvalue weighted by atomic mass is 31.2. The van der Waals surface area contributed by atoms with Gasteiger partial charge in [-0.3, -0.25) is 9.05 Å². The van der Waals surface area contributed by atoms with Gasteiger partial charge in [0.15, 0.2) is 0 Å². The lowest BCUT2D eigenvalue weighted by molar-refractivity contribution is 0.145. The van der Waals surface area contributed by atoms with E-state index in [1.165, 1.54) is 167 Å². The van der Waals surface area contributed by atoms with Crippen LogP contribution in [0.4, 0.5) is 0 Å². The van der Waals surface area contributed by atoms with Crippen LogP contribution in [0.15, 0.2) is 12.2 Å². The average molecular weight is 601 g/mol. The minimum absolute atomic E-state index is 0.313. The van der Waals surface area contributed by atoms with Crippen LogP contribution in [0.2, 0.25) is 0 Å². The molecule has 0 aromatic heterocycles. The van der Waals surface area contributed by atoms with Gasteiger partial charge < -0.3 is 4.89 Å². The van der Waals surface area contributed by atoms with Gasteiger partial charge in [0.1, 0.15) is 0 Å². The zero-order chi connectivity index (χ0) is 30.0. The van der Waals surface area contributed by atoms with Crippen molar-refractivity contribution in [2.24, 2.45) is 0 Å². The first kappa shape index (κ1) is 40.9. The summed E-state index contributed by atoms with van der Waals surface area (Å²) < 4.78 is 22.4. The number of hydrogen-bond donors (Lipinski definition) is 1. The van der Waals surface area contributed by atoms with E-state index in [1.807, 2.05) is 0 Å². The number of phosphoric ester groups is 1. The van der Waals surface area contributed by atoms with E-state index in [4.69, 9.17) is 9.05 Å². The van der Waals surface area contributed by atoms with E-state index in [0.29, 0.717) is 13.2 Å². The summed E-state index contributed by atoms with van der Waals surface area (Å²) >= 11 is 0. The standard InChI is InChI=1S/C36H73O4P/c1-3-5-7-9-11-13-15-17-19-21-23-25-27-29-31-33-35-39-41(37,38)40-36-34-32-30-28-26-24-22-20-18-16-14-12-10-8-6-4-2/h17,19H,3-16,18,20-36H2,1-2H3,(H,37,38)/b19-17-. The van der Waals surface area contributed by atoms with E-state index in [9.17, 15) is 9.46 Å². The van der Waals surface area contributed by atoms with E-state index < -0.39 is 7.82 Å². The molecule has 1 unspecified atom stereocenters. The molecule has 1 atom stereocenters. The second kappa shape index (κ2) is 34.3. The lowest BCUT2D eigenvalue weighted by Gasteiger charge is -2.12. The monoisotopic (exact) mass is 601 g/mol. The van der Waals surface area contributed by atoms with Crippen LogP contribution in [0.1, 0.15) is 206 Å². The van der Waals surface area contributed by atoms with Gasteiger partial charge in [-0.25, -0.2) is 4.57 Å². The van der Waals surface area contributed by atoms with Crippen LogP contribution >= 0.6 is 7.82 Å². The number of unbranched alkanes of at least 4 members (excludes halogenated alkanes) is 27. The molecule has 0 aromatic rings. The zero-order valence-electron chi connectivity index (χ0n) is 27.9. The van der Waals surface area contributed by atoms with Gasteiger partial charge in [0.25, 0.3) is 0 Å². The molecule has 0 bridgehead atoms. The maximum absolute atomic E-state index is 12.0. The molecule has 0 aromatic carbocycles. The Morgan fingerprint density at radius 1 is 0.415 bits per heavy atom. The van der Waals surface area contributed by atoms with Gasteiger partial charge in [-0.05, 0) is 38.5 Å². The van der Waals surface area contributed by atoms with E-state index >= 15 is 0 Å². The van der Waals surface area contributed by atoms with Crippen molar-refractivity contribution in [2.45, 2.75) is 206 Å². The Morgan fingerprint density at radius 3 is 0.951 bits per heavy atom. The predicted octanol–water partition coefficient (Wildman–Crippen LogP) is 13.4. The molecule has 41 heavy (non-hydrogen) atoms. The molecule has 0 radical (unpaired) electrons. The molecule has 0 spiro atoms. The van der Waals surface area contributed by atoms with E-state index in [0.717, 1.165) is 25.7 Å². The third-order valence-electron chi connectivity index (χ3n) is 8.16. The molecule has 0 aliphatic rings. The maximum atomic E-state index is 12.0. The molecule has 4 nitrogen and oxygen atoms in total. The molecular weight excluding hydrogens is 527 g/mol. The number of phosphoric acid groups is 1. The topological polar surface area (TPSA) is 55.8 Å². The first-order chi connectivity index (χ1) is 20.1. The smallest absolute Gasteiger partial charge is 0.302 e. The molecule has 0 aliphatic heterocycles. The molecule has 0 amide bonds. The fourth-order valence-electron chi connectivity index (χ4n) is 5.40. The second-order valence-corrected chi connectivity index (χ2v) is 13.8. The van der Waals surface area contributed by atoms with Crippen molar-refractivity contribution in [2.75, 3.05) is 13.2 Å². The molecule has 246 valence electrons. The molecule has 1 N–H and O–H groups in total. The van der Waals surface area contributed by atoms with Crippen LogP contribution in [0.3, 0.4) is 0 Å². The van der Waals surface area contributed by atoms with Crippen LogP contribution in [0.5, 0.6) is 0 Å². The summed E-state index contributed by atoms with van der Waals surface area (Å²) in [6.45, 7) is 5.18. The second-order valence-electron chi connectivity index (χ2n) is 12.4. The summed E-state index contributed by atoms with van der Waals surface area (Å²) in [4.78, 5) is 9.87. The van der Waals surface area contributed by atoms with Crippen LogP contribution in [0, 0.1) is 0 Å². The van der Waals surface area contributed by atoms with Crippen molar-refractivity contribution in [1.29, 1.82) is 0 Å². The summed E-state index contributed by atoms with van der Waals surface area (Å²) in [6, 6.07) is 0. The van der Waals surface area contributed by atoms with Crippen molar-refractivity contribution in [3.8, 4) is 0 Å². The van der Waals surface area contributed by atoms with Gasteiger partial charge in [0.2, 0.25) is 0 Å². The highest BCUT2D eigenvalue weighted by molar-refractivity contribution is 7.47. The third kappa shape index (κ3) is 36.0. The third-order valence-corrected chi connectivity index (χ3v) is 9.18. The minimum Gasteiger partial charge on any atom is -0.302 e. The van der Waals surface area contributed by atoms with Crippen molar-refractivity contribution >= 4 is 7.82 Å². The van der Waals surface area contributed by atoms with Crippen LogP contribution in [-0.2, 0) is 13.6 Å². The Morgan fingerprint density at radius 2 is 0.659 bits per heavy atom. The Balaban J connectivity index is 3.31. The first-order valence-electron chi connectivity index (χ1n) is 18.4. The van der Waals surface area contributed by atoms with E-state index in [1.54, 1.807) is 0 Å². The summed E-state index contributed by atoms with van der Waals surface area (Å²) in [5.41, 5.74) is 0. The molecular formula is C36H73O4P. The van der Waals surface area contributed by atoms with E-state index in [2.05, 4.69) is 26.0 Å². The zero-order valence-corrected chi connectivity index (χ0v) is 28.8. The largest absolute Gasteiger partial charge is 0.472 e. The Kier molecular flexibility index (Phi) is 34.2. The van der Waals surface area contributed by atoms with Crippen molar-refractivity contribution in [3.05, 3.63) is 12.2 Å². The highest BCUT2D eigenvalue weighted by Crippen LogP contribution is 2.43. The maximum Gasteiger partial charge on any atom is 0.472 e. The van der Waals surface area contributed by atoms with Gasteiger partial charge in [0, 0.05) is 0 Å². The van der Waals surface area contributed by atoms with Gasteiger partial charge in [-0.15, -0.1) is 0 Å². The van der Waals surface area contributed by atoms with Gasteiger partial charge in [0.05, 0.1) is 13.2 Å². The molecule has 0 rings (SSSR count). The van der Waals surface area contributed by atoms with Gasteiger partial charge in [-0.2, -0.15) is 0 Å². The lowest BCUT2D eigenvalue weighted by atomic mass is 10.0. The van der Waals surface area contributed by atoms with Crippen molar-refractivity contribution in [3.63, 3.8) is 0 Å². The van der Waals surface area contributed by atoms with Crippen LogP contribution in [0.25, 0.3) is 0 Å². The quantitative estimate of drug-likeness (QED) is 0.0446. The first-order valence-corrected chi connectivity index (χ1v) is 19.9. The molecule has 0 aliphatic carbocycles. The SMILES string of the molecule is CCCCCCCC/C=C\CCCCCCCCOP(=O)(O)OCCCCCCCCCCCCCCCCCC. The average Bonchev–Trinajstić information content (AvgIpc) is 2.96. The van der Waals surface area contributed by atoms with Crippen molar-refractivity contribution in [1.82, 2.24) is 0 Å². The van der Waals surface area contributed by atoms with Gasteiger partial charge in [-0.1, -0.05) is 180 Å². The number of hydrogen-bond acceptors (Lipinski definition) is 3. The highest BCUT2D eigenvalue weighted by Gasteiger charge is 2.19. The molecule has 0 saturated heterocycles. The summed E-state index contributed by atoms with van der Waals surface area (Å²) in [6.07, 6.45) is 43.3. The molecule has 0 heterocycles. The molecule has 0 fully saturated rings. The summed E-state index contributed by atoms with van der Waals surface area (Å²) in [5, 5.41) is 0. The summed E-state index contributed by atoms with van der Waals surface area (Å²) in [7, 11) is -3.88. The van der Waals surface area contributed by atoms with Crippen LogP contribution in [-0.4, -0.2) is 18.1 Å². The molecule has 5 heteroatoms. The molecule has 0 saturated carbocycles. The minimum atomic E-state index is -3.88. The fraction of sp³-hybridized carbons (Fsp3) is 0.944. The Hall–Kier alpha value is -0.150. The van der Waals surface area contributed by atoms with Gasteiger partial charge >= 0.3 is 7.82 Å². The van der Waals surface area contributed by atoms with Crippen LogP contribution < -0.4 is 0 Å². The fourth-order valence-corrected chi connectivity index (χ4v) is 6.19. The van der Waals surface area contributed by atoms with E-state index in [-0.39, 0.29) is 0 Å². The number of rotatable bonds is 35. The Bertz CT molecular complexity index is 566. The Labute approximate surface area is 257 Å². The van der Waals surface area contributed by atoms with Crippen molar-refractivity contribution < 1.29 is 18.5 Å².